The summed E-state index contributed by atoms with van der Waals surface area (Å²) in [4.78, 5) is 28.1. The SMILES string of the molecule is COc1cc2occ(-c3ccc(-c4ccccc4)cc3)c2cc1/C(C)=C/C(=O)N1CCN(C(C)=O)CC1. The van der Waals surface area contributed by atoms with Gasteiger partial charge in [-0.25, -0.2) is 0 Å². The predicted octanol–water partition coefficient (Wildman–Crippen LogP) is 5.87. The summed E-state index contributed by atoms with van der Waals surface area (Å²) in [7, 11) is 1.62. The lowest BCUT2D eigenvalue weighted by molar-refractivity contribution is -0.135. The van der Waals surface area contributed by atoms with E-state index in [1.807, 2.05) is 37.3 Å². The molecule has 0 saturated carbocycles. The first-order valence-corrected chi connectivity index (χ1v) is 12.4. The Hall–Kier alpha value is -4.32. The van der Waals surface area contributed by atoms with Crippen molar-refractivity contribution in [1.82, 2.24) is 9.80 Å². The van der Waals surface area contributed by atoms with Gasteiger partial charge in [0.1, 0.15) is 11.3 Å². The van der Waals surface area contributed by atoms with Crippen LogP contribution in [0.2, 0.25) is 0 Å². The van der Waals surface area contributed by atoms with Crippen LogP contribution in [0.3, 0.4) is 0 Å². The molecule has 2 amide bonds. The fraction of sp³-hybridized carbons (Fsp3) is 0.226. The Morgan fingerprint density at radius 3 is 2.11 bits per heavy atom. The van der Waals surface area contributed by atoms with Crippen molar-refractivity contribution in [3.05, 3.63) is 84.6 Å². The van der Waals surface area contributed by atoms with Crippen molar-refractivity contribution in [3.8, 4) is 28.0 Å². The number of rotatable bonds is 5. The molecule has 1 aromatic heterocycles. The topological polar surface area (TPSA) is 63.0 Å². The second kappa shape index (κ2) is 10.3. The molecule has 5 rings (SSSR count). The largest absolute Gasteiger partial charge is 0.496 e. The van der Waals surface area contributed by atoms with E-state index in [9.17, 15) is 9.59 Å². The fourth-order valence-corrected chi connectivity index (χ4v) is 4.82. The number of piperazine rings is 1. The number of allylic oxidation sites excluding steroid dienone is 1. The number of carbonyl (C=O) groups is 2. The quantitative estimate of drug-likeness (QED) is 0.326. The maximum Gasteiger partial charge on any atom is 0.246 e. The second-order valence-electron chi connectivity index (χ2n) is 9.30. The fourth-order valence-electron chi connectivity index (χ4n) is 4.82. The lowest BCUT2D eigenvalue weighted by atomic mass is 9.97. The zero-order valence-electron chi connectivity index (χ0n) is 21.4. The van der Waals surface area contributed by atoms with Crippen LogP contribution in [0.4, 0.5) is 0 Å². The van der Waals surface area contributed by atoms with E-state index >= 15 is 0 Å². The first-order valence-electron chi connectivity index (χ1n) is 12.4. The summed E-state index contributed by atoms with van der Waals surface area (Å²) in [5.74, 6) is 0.630. The normalized spacial score (nSPS) is 14.2. The number of furan rings is 1. The number of methoxy groups -OCH3 is 1. The van der Waals surface area contributed by atoms with Crippen LogP contribution in [0.15, 0.2) is 83.5 Å². The average molecular weight is 495 g/mol. The minimum absolute atomic E-state index is 0.0440. The Morgan fingerprint density at radius 2 is 1.46 bits per heavy atom. The third-order valence-corrected chi connectivity index (χ3v) is 7.00. The number of fused-ring (bicyclic) bond motifs is 1. The molecule has 0 spiro atoms. The van der Waals surface area contributed by atoms with E-state index in [0.717, 1.165) is 38.8 Å². The lowest BCUT2D eigenvalue weighted by Crippen LogP contribution is -2.49. The summed E-state index contributed by atoms with van der Waals surface area (Å²) < 4.78 is 11.5. The minimum Gasteiger partial charge on any atom is -0.496 e. The van der Waals surface area contributed by atoms with Crippen LogP contribution in [0.1, 0.15) is 19.4 Å². The Bertz CT molecular complexity index is 1460. The number of hydrogen-bond acceptors (Lipinski definition) is 4. The molecule has 0 atom stereocenters. The van der Waals surface area contributed by atoms with E-state index in [4.69, 9.17) is 9.15 Å². The second-order valence-corrected chi connectivity index (χ2v) is 9.30. The molecule has 3 aromatic carbocycles. The monoisotopic (exact) mass is 494 g/mol. The van der Waals surface area contributed by atoms with Gasteiger partial charge in [-0.2, -0.15) is 0 Å². The zero-order chi connectivity index (χ0) is 25.9. The van der Waals surface area contributed by atoms with Crippen molar-refractivity contribution in [2.45, 2.75) is 13.8 Å². The van der Waals surface area contributed by atoms with Crippen LogP contribution in [0, 0.1) is 0 Å². The Morgan fingerprint density at radius 1 is 0.838 bits per heavy atom. The van der Waals surface area contributed by atoms with Gasteiger partial charge in [0.15, 0.2) is 0 Å². The van der Waals surface area contributed by atoms with Crippen molar-refractivity contribution in [2.75, 3.05) is 33.3 Å². The summed E-state index contributed by atoms with van der Waals surface area (Å²) >= 11 is 0. The van der Waals surface area contributed by atoms with Gasteiger partial charge in [0.25, 0.3) is 0 Å². The maximum absolute atomic E-state index is 13.0. The third kappa shape index (κ3) is 5.00. The lowest BCUT2D eigenvalue weighted by Gasteiger charge is -2.33. The Kier molecular flexibility index (Phi) is 6.82. The number of amides is 2. The van der Waals surface area contributed by atoms with Gasteiger partial charge in [0.05, 0.1) is 13.4 Å². The highest BCUT2D eigenvalue weighted by Gasteiger charge is 2.22. The van der Waals surface area contributed by atoms with E-state index in [1.165, 1.54) is 5.56 Å². The van der Waals surface area contributed by atoms with E-state index in [2.05, 4.69) is 36.4 Å². The molecule has 37 heavy (non-hydrogen) atoms. The number of benzene rings is 3. The highest BCUT2D eigenvalue weighted by atomic mass is 16.5. The molecule has 188 valence electrons. The van der Waals surface area contributed by atoms with Crippen LogP contribution in [0.5, 0.6) is 5.75 Å². The average Bonchev–Trinajstić information content (AvgIpc) is 3.35. The van der Waals surface area contributed by atoms with Crippen LogP contribution < -0.4 is 4.74 Å². The van der Waals surface area contributed by atoms with Crippen LogP contribution >= 0.6 is 0 Å². The van der Waals surface area contributed by atoms with Gasteiger partial charge in [-0.3, -0.25) is 9.59 Å². The smallest absolute Gasteiger partial charge is 0.246 e. The molecule has 1 aliphatic rings. The molecular formula is C31H30N2O4. The van der Waals surface area contributed by atoms with Gasteiger partial charge in [0, 0.05) is 61.8 Å². The van der Waals surface area contributed by atoms with E-state index in [1.54, 1.807) is 36.2 Å². The Balaban J connectivity index is 1.43. The predicted molar refractivity (Wildman–Crippen MR) is 146 cm³/mol. The molecule has 1 aliphatic heterocycles. The standard InChI is InChI=1S/C31H30N2O4/c1-21(17-31(35)33-15-13-32(14-16-33)22(2)34)26-18-27-28(20-37-30(27)19-29(26)36-3)25-11-9-24(10-12-25)23-7-5-4-6-8-23/h4-12,17-20H,13-16H2,1-3H3/b21-17+. The van der Waals surface area contributed by atoms with Gasteiger partial charge in [-0.15, -0.1) is 0 Å². The molecule has 6 nitrogen and oxygen atoms in total. The molecule has 0 aliphatic carbocycles. The van der Waals surface area contributed by atoms with Crippen molar-refractivity contribution < 1.29 is 18.7 Å². The molecule has 0 unspecified atom stereocenters. The molecule has 0 N–H and O–H groups in total. The van der Waals surface area contributed by atoms with Crippen LogP contribution in [-0.4, -0.2) is 54.9 Å². The highest BCUT2D eigenvalue weighted by molar-refractivity contribution is 6.00. The molecule has 6 heteroatoms. The zero-order valence-corrected chi connectivity index (χ0v) is 21.4. The summed E-state index contributed by atoms with van der Waals surface area (Å²) in [6.07, 6.45) is 3.42. The van der Waals surface area contributed by atoms with Crippen LogP contribution in [0.25, 0.3) is 38.8 Å². The maximum atomic E-state index is 13.0. The third-order valence-electron chi connectivity index (χ3n) is 7.00. The summed E-state index contributed by atoms with van der Waals surface area (Å²) in [5, 5.41) is 0.957. The highest BCUT2D eigenvalue weighted by Crippen LogP contribution is 2.38. The molecule has 4 aromatic rings. The van der Waals surface area contributed by atoms with Crippen molar-refractivity contribution in [3.63, 3.8) is 0 Å². The van der Waals surface area contributed by atoms with Gasteiger partial charge < -0.3 is 19.0 Å². The number of nitrogens with zero attached hydrogens (tertiary/aromatic N) is 2. The van der Waals surface area contributed by atoms with Crippen molar-refractivity contribution in [2.24, 2.45) is 0 Å². The van der Waals surface area contributed by atoms with Crippen molar-refractivity contribution in [1.29, 1.82) is 0 Å². The first-order chi connectivity index (χ1) is 17.9. The molecule has 1 fully saturated rings. The molecule has 2 heterocycles. The molecule has 0 radical (unpaired) electrons. The van der Waals surface area contributed by atoms with E-state index < -0.39 is 0 Å². The van der Waals surface area contributed by atoms with Crippen molar-refractivity contribution >= 4 is 28.4 Å². The van der Waals surface area contributed by atoms with Crippen LogP contribution in [-0.2, 0) is 9.59 Å². The molecule has 1 saturated heterocycles. The van der Waals surface area contributed by atoms with Gasteiger partial charge in [0.2, 0.25) is 11.8 Å². The van der Waals surface area contributed by atoms with E-state index in [-0.39, 0.29) is 11.8 Å². The summed E-state index contributed by atoms with van der Waals surface area (Å²) in [6, 6.07) is 22.6. The molecular weight excluding hydrogens is 464 g/mol. The molecule has 0 bridgehead atoms. The van der Waals surface area contributed by atoms with Gasteiger partial charge in [-0.1, -0.05) is 54.6 Å². The van der Waals surface area contributed by atoms with Gasteiger partial charge >= 0.3 is 0 Å². The number of carbonyl (C=O) groups excluding carboxylic acids is 2. The number of hydrogen-bond donors (Lipinski definition) is 0. The Labute approximate surface area is 216 Å². The van der Waals surface area contributed by atoms with E-state index in [0.29, 0.717) is 31.9 Å². The summed E-state index contributed by atoms with van der Waals surface area (Å²) in [6.45, 7) is 5.66. The minimum atomic E-state index is -0.0632. The van der Waals surface area contributed by atoms with Gasteiger partial charge in [-0.05, 0) is 35.3 Å². The summed E-state index contributed by atoms with van der Waals surface area (Å²) in [5.41, 5.74) is 6.74. The number of ether oxygens (including phenoxy) is 1. The first kappa shape index (κ1) is 24.4.